The molecule has 0 aromatic heterocycles. The number of benzene rings is 1. The van der Waals surface area contributed by atoms with Crippen molar-refractivity contribution in [1.29, 1.82) is 0 Å². The van der Waals surface area contributed by atoms with Gasteiger partial charge in [0.2, 0.25) is 0 Å². The van der Waals surface area contributed by atoms with E-state index >= 15 is 0 Å². The molecule has 2 N–H and O–H groups in total. The standard InChI is InChI=1S/C14H21NO2/c1-7-8(2)10(4)12(11(5)9(7)3)13(15)14(16)17-6/h13H,15H2,1-6H3/t13-/m0/s1. The van der Waals surface area contributed by atoms with Crippen molar-refractivity contribution in [3.05, 3.63) is 33.4 Å². The van der Waals surface area contributed by atoms with Crippen molar-refractivity contribution < 1.29 is 9.53 Å². The highest BCUT2D eigenvalue weighted by Crippen LogP contribution is 2.29. The molecule has 0 aliphatic carbocycles. The van der Waals surface area contributed by atoms with Gasteiger partial charge in [0.1, 0.15) is 6.04 Å². The molecule has 0 saturated heterocycles. The van der Waals surface area contributed by atoms with Crippen LogP contribution in [-0.4, -0.2) is 13.1 Å². The second-order valence-corrected chi connectivity index (χ2v) is 4.54. The lowest BCUT2D eigenvalue weighted by atomic mass is 9.86. The zero-order valence-corrected chi connectivity index (χ0v) is 11.5. The lowest BCUT2D eigenvalue weighted by molar-refractivity contribution is -0.142. The van der Waals surface area contributed by atoms with Crippen molar-refractivity contribution in [1.82, 2.24) is 0 Å². The van der Waals surface area contributed by atoms with Gasteiger partial charge in [-0.25, -0.2) is 0 Å². The molecule has 0 saturated carbocycles. The molecule has 0 spiro atoms. The van der Waals surface area contributed by atoms with Crippen LogP contribution in [0.5, 0.6) is 0 Å². The number of hydrogen-bond acceptors (Lipinski definition) is 3. The number of ether oxygens (including phenoxy) is 1. The number of hydrogen-bond donors (Lipinski definition) is 1. The van der Waals surface area contributed by atoms with Gasteiger partial charge in [-0.15, -0.1) is 0 Å². The number of rotatable bonds is 2. The molecule has 3 nitrogen and oxygen atoms in total. The highest BCUT2D eigenvalue weighted by atomic mass is 16.5. The van der Waals surface area contributed by atoms with Crippen LogP contribution < -0.4 is 5.73 Å². The smallest absolute Gasteiger partial charge is 0.327 e. The summed E-state index contributed by atoms with van der Waals surface area (Å²) >= 11 is 0. The normalized spacial score (nSPS) is 12.4. The SMILES string of the molecule is COC(=O)[C@@H](N)c1c(C)c(C)c(C)c(C)c1C. The minimum absolute atomic E-state index is 0.390. The molecule has 1 aromatic carbocycles. The highest BCUT2D eigenvalue weighted by Gasteiger charge is 2.23. The molecule has 1 atom stereocenters. The summed E-state index contributed by atoms with van der Waals surface area (Å²) in [6.45, 7) is 10.2. The molecular formula is C14H21NO2. The maximum absolute atomic E-state index is 11.6. The Morgan fingerprint density at radius 1 is 0.941 bits per heavy atom. The largest absolute Gasteiger partial charge is 0.468 e. The third-order valence-electron chi connectivity index (χ3n) is 3.82. The van der Waals surface area contributed by atoms with E-state index in [2.05, 4.69) is 20.8 Å². The molecule has 0 aliphatic heterocycles. The first-order valence-electron chi connectivity index (χ1n) is 5.73. The van der Waals surface area contributed by atoms with Crippen LogP contribution in [0.1, 0.15) is 39.4 Å². The van der Waals surface area contributed by atoms with Gasteiger partial charge >= 0.3 is 5.97 Å². The Balaban J connectivity index is 3.49. The van der Waals surface area contributed by atoms with Gasteiger partial charge in [0, 0.05) is 0 Å². The molecule has 1 rings (SSSR count). The third-order valence-corrected chi connectivity index (χ3v) is 3.82. The van der Waals surface area contributed by atoms with Gasteiger partial charge in [0.25, 0.3) is 0 Å². The van der Waals surface area contributed by atoms with Crippen molar-refractivity contribution in [2.24, 2.45) is 5.73 Å². The van der Waals surface area contributed by atoms with Gasteiger partial charge in [0.05, 0.1) is 7.11 Å². The van der Waals surface area contributed by atoms with Crippen LogP contribution in [0.25, 0.3) is 0 Å². The maximum atomic E-state index is 11.6. The van der Waals surface area contributed by atoms with E-state index < -0.39 is 6.04 Å². The molecule has 0 amide bonds. The van der Waals surface area contributed by atoms with E-state index in [1.165, 1.54) is 23.8 Å². The topological polar surface area (TPSA) is 52.3 Å². The van der Waals surface area contributed by atoms with Gasteiger partial charge in [-0.3, -0.25) is 4.79 Å². The number of esters is 1. The molecule has 0 unspecified atom stereocenters. The molecule has 0 aliphatic rings. The van der Waals surface area contributed by atoms with Gasteiger partial charge in [-0.05, 0) is 68.0 Å². The van der Waals surface area contributed by atoms with Crippen molar-refractivity contribution >= 4 is 5.97 Å². The number of methoxy groups -OCH3 is 1. The summed E-state index contributed by atoms with van der Waals surface area (Å²) in [6.07, 6.45) is 0. The summed E-state index contributed by atoms with van der Waals surface area (Å²) in [5.74, 6) is -0.390. The van der Waals surface area contributed by atoms with Crippen LogP contribution in [-0.2, 0) is 9.53 Å². The third kappa shape index (κ3) is 2.20. The van der Waals surface area contributed by atoms with Gasteiger partial charge in [-0.1, -0.05) is 0 Å². The number of nitrogens with two attached hydrogens (primary N) is 1. The fraction of sp³-hybridized carbons (Fsp3) is 0.500. The predicted octanol–water partition coefficient (Wildman–Crippen LogP) is 2.40. The summed E-state index contributed by atoms with van der Waals surface area (Å²) in [7, 11) is 1.36. The van der Waals surface area contributed by atoms with Crippen LogP contribution in [0.15, 0.2) is 0 Å². The van der Waals surface area contributed by atoms with Crippen molar-refractivity contribution in [3.63, 3.8) is 0 Å². The zero-order chi connectivity index (χ0) is 13.3. The van der Waals surface area contributed by atoms with E-state index in [0.717, 1.165) is 16.7 Å². The van der Waals surface area contributed by atoms with E-state index in [0.29, 0.717) is 0 Å². The Morgan fingerprint density at radius 3 is 1.65 bits per heavy atom. The van der Waals surface area contributed by atoms with Gasteiger partial charge in [0.15, 0.2) is 0 Å². The van der Waals surface area contributed by atoms with E-state index in [1.54, 1.807) is 0 Å². The van der Waals surface area contributed by atoms with Gasteiger partial charge in [-0.2, -0.15) is 0 Å². The van der Waals surface area contributed by atoms with E-state index in [-0.39, 0.29) is 5.97 Å². The second kappa shape index (κ2) is 4.88. The first-order valence-corrected chi connectivity index (χ1v) is 5.73. The van der Waals surface area contributed by atoms with Crippen LogP contribution >= 0.6 is 0 Å². The summed E-state index contributed by atoms with van der Waals surface area (Å²) in [5.41, 5.74) is 12.7. The average Bonchev–Trinajstić information content (AvgIpc) is 2.32. The maximum Gasteiger partial charge on any atom is 0.327 e. The fourth-order valence-electron chi connectivity index (χ4n) is 2.24. The summed E-state index contributed by atoms with van der Waals surface area (Å²) < 4.78 is 4.72. The minimum atomic E-state index is -0.696. The lowest BCUT2D eigenvalue weighted by Gasteiger charge is -2.21. The number of carbonyl (C=O) groups is 1. The molecule has 0 radical (unpaired) electrons. The van der Waals surface area contributed by atoms with E-state index in [9.17, 15) is 4.79 Å². The first kappa shape index (κ1) is 13.7. The summed E-state index contributed by atoms with van der Waals surface area (Å²) in [6, 6.07) is -0.696. The van der Waals surface area contributed by atoms with Crippen LogP contribution in [0.4, 0.5) is 0 Å². The van der Waals surface area contributed by atoms with E-state index in [4.69, 9.17) is 10.5 Å². The zero-order valence-electron chi connectivity index (χ0n) is 11.5. The fourth-order valence-corrected chi connectivity index (χ4v) is 2.24. The molecule has 94 valence electrons. The Hall–Kier alpha value is -1.35. The molecule has 3 heteroatoms. The molecular weight excluding hydrogens is 214 g/mol. The van der Waals surface area contributed by atoms with Crippen LogP contribution in [0, 0.1) is 34.6 Å². The van der Waals surface area contributed by atoms with Crippen molar-refractivity contribution in [3.8, 4) is 0 Å². The Bertz CT molecular complexity index is 435. The Morgan fingerprint density at radius 2 is 1.29 bits per heavy atom. The monoisotopic (exact) mass is 235 g/mol. The van der Waals surface area contributed by atoms with E-state index in [1.807, 2.05) is 13.8 Å². The Labute approximate surface area is 103 Å². The first-order chi connectivity index (χ1) is 7.82. The molecule has 17 heavy (non-hydrogen) atoms. The summed E-state index contributed by atoms with van der Waals surface area (Å²) in [4.78, 5) is 11.6. The minimum Gasteiger partial charge on any atom is -0.468 e. The predicted molar refractivity (Wildman–Crippen MR) is 69.1 cm³/mol. The quantitative estimate of drug-likeness (QED) is 0.801. The summed E-state index contributed by atoms with van der Waals surface area (Å²) in [5, 5.41) is 0. The second-order valence-electron chi connectivity index (χ2n) is 4.54. The molecule has 0 heterocycles. The Kier molecular flexibility index (Phi) is 3.94. The number of carbonyl (C=O) groups excluding carboxylic acids is 1. The van der Waals surface area contributed by atoms with Crippen molar-refractivity contribution in [2.75, 3.05) is 7.11 Å². The molecule has 1 aromatic rings. The average molecular weight is 235 g/mol. The molecule has 0 bridgehead atoms. The van der Waals surface area contributed by atoms with Crippen molar-refractivity contribution in [2.45, 2.75) is 40.7 Å². The molecule has 0 fully saturated rings. The van der Waals surface area contributed by atoms with Crippen LogP contribution in [0.2, 0.25) is 0 Å². The van der Waals surface area contributed by atoms with Crippen LogP contribution in [0.3, 0.4) is 0 Å². The van der Waals surface area contributed by atoms with Gasteiger partial charge < -0.3 is 10.5 Å². The highest BCUT2D eigenvalue weighted by molar-refractivity contribution is 5.79. The lowest BCUT2D eigenvalue weighted by Crippen LogP contribution is -2.25.